The third-order valence-electron chi connectivity index (χ3n) is 5.03. The quantitative estimate of drug-likeness (QED) is 0.456. The van der Waals surface area contributed by atoms with Crippen LogP contribution in [0.1, 0.15) is 32.0 Å². The highest BCUT2D eigenvalue weighted by Crippen LogP contribution is 2.34. The van der Waals surface area contributed by atoms with Crippen LogP contribution in [0.25, 0.3) is 33.5 Å². The van der Waals surface area contributed by atoms with E-state index in [0.717, 1.165) is 11.6 Å². The molecule has 148 valence electrons. The number of aromatic nitrogens is 3. The first kappa shape index (κ1) is 19.1. The molecule has 0 saturated carbocycles. The van der Waals surface area contributed by atoms with E-state index in [2.05, 4.69) is 47.9 Å². The van der Waals surface area contributed by atoms with Crippen LogP contribution in [0, 0.1) is 18.6 Å². The number of halogens is 2. The molecular weight excluding hydrogens is 370 g/mol. The van der Waals surface area contributed by atoms with Crippen LogP contribution >= 0.6 is 0 Å². The van der Waals surface area contributed by atoms with E-state index in [-0.39, 0.29) is 16.7 Å². The lowest BCUT2D eigenvalue weighted by Gasteiger charge is -2.19. The average Bonchev–Trinajstić information content (AvgIpc) is 2.97. The monoisotopic (exact) mass is 392 g/mol. The molecule has 2 aromatic carbocycles. The van der Waals surface area contributed by atoms with Gasteiger partial charge in [0.2, 0.25) is 0 Å². The van der Waals surface area contributed by atoms with Gasteiger partial charge in [-0.2, -0.15) is 0 Å². The summed E-state index contributed by atoms with van der Waals surface area (Å²) < 4.78 is 28.0. The number of rotatable bonds is 2. The first-order valence-corrected chi connectivity index (χ1v) is 9.36. The number of nitrogens with zero attached hydrogens (tertiary/aromatic N) is 2. The summed E-state index contributed by atoms with van der Waals surface area (Å²) in [5.74, 6) is -0.697. The second kappa shape index (κ2) is 6.65. The van der Waals surface area contributed by atoms with Crippen molar-refractivity contribution in [3.8, 4) is 22.6 Å². The van der Waals surface area contributed by atoms with E-state index in [1.807, 2.05) is 12.1 Å². The lowest BCUT2D eigenvalue weighted by atomic mass is 9.86. The predicted molar refractivity (Wildman–Crippen MR) is 113 cm³/mol. The fraction of sp³-hybridized carbons (Fsp3) is 0.217. The highest BCUT2D eigenvalue weighted by molar-refractivity contribution is 5.96. The van der Waals surface area contributed by atoms with Crippen LogP contribution in [0.15, 0.2) is 42.5 Å². The molecule has 0 saturated heterocycles. The van der Waals surface area contributed by atoms with E-state index in [9.17, 15) is 8.78 Å². The zero-order valence-electron chi connectivity index (χ0n) is 16.8. The summed E-state index contributed by atoms with van der Waals surface area (Å²) in [6, 6.07) is 11.9. The summed E-state index contributed by atoms with van der Waals surface area (Å²) in [6.45, 7) is 8.24. The van der Waals surface area contributed by atoms with Gasteiger partial charge in [-0.25, -0.2) is 18.7 Å². The molecular formula is C23H22F2N4. The number of aryl methyl sites for hydroxylation is 1. The van der Waals surface area contributed by atoms with Crippen LogP contribution < -0.4 is 5.73 Å². The number of fused-ring (bicyclic) bond motifs is 1. The molecule has 4 aromatic rings. The molecule has 0 radical (unpaired) electrons. The van der Waals surface area contributed by atoms with Crippen molar-refractivity contribution < 1.29 is 8.78 Å². The van der Waals surface area contributed by atoms with Gasteiger partial charge in [0.15, 0.2) is 5.82 Å². The van der Waals surface area contributed by atoms with Crippen LogP contribution in [-0.2, 0) is 5.41 Å². The molecule has 2 aromatic heterocycles. The molecule has 4 rings (SSSR count). The highest BCUT2D eigenvalue weighted by atomic mass is 19.1. The maximum absolute atomic E-state index is 14.2. The lowest BCUT2D eigenvalue weighted by molar-refractivity contribution is 0.590. The largest absolute Gasteiger partial charge is 0.384 e. The number of nitrogen functional groups attached to an aromatic ring is 1. The summed E-state index contributed by atoms with van der Waals surface area (Å²) >= 11 is 0. The topological polar surface area (TPSA) is 67.6 Å². The molecule has 0 spiro atoms. The van der Waals surface area contributed by atoms with Crippen LogP contribution in [-0.4, -0.2) is 15.0 Å². The second-order valence-electron chi connectivity index (χ2n) is 8.26. The van der Waals surface area contributed by atoms with Crippen molar-refractivity contribution in [2.75, 3.05) is 5.73 Å². The Bertz CT molecular complexity index is 1220. The van der Waals surface area contributed by atoms with Crippen LogP contribution in [0.4, 0.5) is 14.6 Å². The SMILES string of the molecule is Cc1[nH]c2c(F)cc(F)cc2c1-c1nc(N)cc(-c2ccc(C(C)(C)C)cc2)n1. The van der Waals surface area contributed by atoms with Gasteiger partial charge in [-0.15, -0.1) is 0 Å². The number of benzene rings is 2. The Kier molecular flexibility index (Phi) is 4.37. The number of anilines is 1. The third kappa shape index (κ3) is 3.46. The molecule has 3 N–H and O–H groups in total. The predicted octanol–water partition coefficient (Wildman–Crippen LogP) is 5.76. The Labute approximate surface area is 167 Å². The summed E-state index contributed by atoms with van der Waals surface area (Å²) in [6.07, 6.45) is 0. The lowest BCUT2D eigenvalue weighted by Crippen LogP contribution is -2.10. The van der Waals surface area contributed by atoms with Crippen molar-refractivity contribution in [1.29, 1.82) is 0 Å². The average molecular weight is 392 g/mol. The fourth-order valence-corrected chi connectivity index (χ4v) is 3.50. The van der Waals surface area contributed by atoms with Gasteiger partial charge in [0, 0.05) is 34.3 Å². The van der Waals surface area contributed by atoms with Gasteiger partial charge in [0.1, 0.15) is 17.5 Å². The molecule has 0 aliphatic rings. The first-order chi connectivity index (χ1) is 13.6. The molecule has 0 aliphatic heterocycles. The zero-order valence-corrected chi connectivity index (χ0v) is 16.8. The van der Waals surface area contributed by atoms with E-state index >= 15 is 0 Å². The Balaban J connectivity index is 1.87. The molecule has 0 aliphatic carbocycles. The molecule has 6 heteroatoms. The minimum absolute atomic E-state index is 0.0453. The normalized spacial score (nSPS) is 11.9. The highest BCUT2D eigenvalue weighted by Gasteiger charge is 2.19. The van der Waals surface area contributed by atoms with Gasteiger partial charge in [0.25, 0.3) is 0 Å². The number of H-pyrrole nitrogens is 1. The fourth-order valence-electron chi connectivity index (χ4n) is 3.50. The van der Waals surface area contributed by atoms with Crippen molar-refractivity contribution in [2.45, 2.75) is 33.1 Å². The summed E-state index contributed by atoms with van der Waals surface area (Å²) in [4.78, 5) is 11.9. The van der Waals surface area contributed by atoms with E-state index < -0.39 is 11.6 Å². The van der Waals surface area contributed by atoms with Crippen molar-refractivity contribution in [1.82, 2.24) is 15.0 Å². The van der Waals surface area contributed by atoms with E-state index in [1.54, 1.807) is 13.0 Å². The number of hydrogen-bond donors (Lipinski definition) is 2. The Hall–Kier alpha value is -3.28. The van der Waals surface area contributed by atoms with Crippen molar-refractivity contribution >= 4 is 16.7 Å². The first-order valence-electron chi connectivity index (χ1n) is 9.36. The summed E-state index contributed by atoms with van der Waals surface area (Å²) in [5.41, 5.74) is 10.3. The molecule has 0 bridgehead atoms. The molecule has 0 fully saturated rings. The molecule has 0 unspecified atom stereocenters. The molecule has 29 heavy (non-hydrogen) atoms. The number of nitrogens with one attached hydrogen (secondary N) is 1. The maximum atomic E-state index is 14.2. The molecule has 0 atom stereocenters. The Morgan fingerprint density at radius 3 is 2.31 bits per heavy atom. The third-order valence-corrected chi connectivity index (χ3v) is 5.03. The summed E-state index contributed by atoms with van der Waals surface area (Å²) in [7, 11) is 0. The van der Waals surface area contributed by atoms with Gasteiger partial charge >= 0.3 is 0 Å². The van der Waals surface area contributed by atoms with Gasteiger partial charge in [-0.05, 0) is 24.0 Å². The number of aromatic amines is 1. The van der Waals surface area contributed by atoms with Crippen LogP contribution in [0.3, 0.4) is 0 Å². The van der Waals surface area contributed by atoms with Crippen LogP contribution in [0.5, 0.6) is 0 Å². The minimum atomic E-state index is -0.656. The summed E-state index contributed by atoms with van der Waals surface area (Å²) in [5, 5.41) is 0.389. The number of hydrogen-bond acceptors (Lipinski definition) is 3. The van der Waals surface area contributed by atoms with Gasteiger partial charge in [-0.1, -0.05) is 45.0 Å². The van der Waals surface area contributed by atoms with Crippen molar-refractivity contribution in [3.63, 3.8) is 0 Å². The van der Waals surface area contributed by atoms with Crippen molar-refractivity contribution in [2.24, 2.45) is 0 Å². The smallest absolute Gasteiger partial charge is 0.164 e. The number of nitrogens with two attached hydrogens (primary N) is 1. The molecule has 0 amide bonds. The van der Waals surface area contributed by atoms with E-state index in [0.29, 0.717) is 28.2 Å². The molecule has 2 heterocycles. The standard InChI is InChI=1S/C23H22F2N4/c1-12-20(16-9-15(24)10-17(25)21(16)27-12)22-28-18(11-19(26)29-22)13-5-7-14(8-6-13)23(2,3)4/h5-11,27H,1-4H3,(H2,26,28,29). The van der Waals surface area contributed by atoms with Gasteiger partial charge in [0.05, 0.1) is 11.2 Å². The van der Waals surface area contributed by atoms with E-state index in [1.165, 1.54) is 11.6 Å². The van der Waals surface area contributed by atoms with Crippen LogP contribution in [0.2, 0.25) is 0 Å². The minimum Gasteiger partial charge on any atom is -0.384 e. The Morgan fingerprint density at radius 1 is 0.966 bits per heavy atom. The van der Waals surface area contributed by atoms with Crippen molar-refractivity contribution in [3.05, 3.63) is 65.4 Å². The van der Waals surface area contributed by atoms with Gasteiger partial charge in [-0.3, -0.25) is 0 Å². The molecule has 4 nitrogen and oxygen atoms in total. The zero-order chi connectivity index (χ0) is 20.9. The Morgan fingerprint density at radius 2 is 1.66 bits per heavy atom. The maximum Gasteiger partial charge on any atom is 0.164 e. The van der Waals surface area contributed by atoms with Gasteiger partial charge < -0.3 is 10.7 Å². The second-order valence-corrected chi connectivity index (χ2v) is 8.26. The van der Waals surface area contributed by atoms with E-state index in [4.69, 9.17) is 5.73 Å².